The van der Waals surface area contributed by atoms with Crippen LogP contribution >= 0.6 is 11.6 Å². The van der Waals surface area contributed by atoms with Gasteiger partial charge in [-0.15, -0.1) is 0 Å². The van der Waals surface area contributed by atoms with Crippen molar-refractivity contribution < 1.29 is 4.92 Å². The van der Waals surface area contributed by atoms with Crippen molar-refractivity contribution in [1.82, 2.24) is 4.98 Å². The molecule has 21 heavy (non-hydrogen) atoms. The number of pyridine rings is 1. The van der Waals surface area contributed by atoms with Crippen molar-refractivity contribution in [2.75, 3.05) is 0 Å². The molecule has 0 spiro atoms. The number of aromatic nitrogens is 1. The van der Waals surface area contributed by atoms with Gasteiger partial charge in [-0.2, -0.15) is 5.26 Å². The largest absolute Gasteiger partial charge is 0.269 e. The van der Waals surface area contributed by atoms with Crippen molar-refractivity contribution >= 4 is 27.9 Å². The molecule has 6 heteroatoms. The second kappa shape index (κ2) is 6.16. The average Bonchev–Trinajstić information content (AvgIpc) is 2.48. The summed E-state index contributed by atoms with van der Waals surface area (Å²) in [6.45, 7) is 1.71. The first-order chi connectivity index (χ1) is 10.0. The predicted molar refractivity (Wildman–Crippen MR) is 80.4 cm³/mol. The zero-order chi connectivity index (χ0) is 15.4. The van der Waals surface area contributed by atoms with Gasteiger partial charge in [0.05, 0.1) is 15.5 Å². The summed E-state index contributed by atoms with van der Waals surface area (Å²) in [5.41, 5.74) is 2.08. The molecule has 0 aliphatic carbocycles. The summed E-state index contributed by atoms with van der Waals surface area (Å²) in [6, 6.07) is 9.83. The fourth-order valence-corrected chi connectivity index (χ4v) is 2.26. The number of aryl methyl sites for hydroxylation is 1. The quantitative estimate of drug-likeness (QED) is 0.488. The first-order valence-electron chi connectivity index (χ1n) is 6.00. The zero-order valence-corrected chi connectivity index (χ0v) is 11.8. The predicted octanol–water partition coefficient (Wildman–Crippen LogP) is 3.93. The van der Waals surface area contributed by atoms with Crippen LogP contribution in [0.1, 0.15) is 16.7 Å². The number of hydrogen-bond acceptors (Lipinski definition) is 4. The number of nitriles is 1. The van der Waals surface area contributed by atoms with Gasteiger partial charge >= 0.3 is 0 Å². The maximum Gasteiger partial charge on any atom is 0.269 e. The molecule has 0 saturated heterocycles. The molecule has 5 nitrogen and oxygen atoms in total. The molecule has 0 amide bonds. The van der Waals surface area contributed by atoms with Gasteiger partial charge in [0.1, 0.15) is 6.07 Å². The highest BCUT2D eigenvalue weighted by molar-refractivity contribution is 6.53. The third-order valence-corrected chi connectivity index (χ3v) is 3.33. The maximum absolute atomic E-state index is 10.7. The molecule has 0 atom stereocenters. The number of rotatable bonds is 3. The topological polar surface area (TPSA) is 79.8 Å². The Hall–Kier alpha value is -2.71. The van der Waals surface area contributed by atoms with Gasteiger partial charge in [-0.05, 0) is 30.2 Å². The fourth-order valence-electron chi connectivity index (χ4n) is 1.89. The van der Waals surface area contributed by atoms with Crippen LogP contribution in [0.2, 0.25) is 0 Å². The van der Waals surface area contributed by atoms with E-state index < -0.39 is 4.92 Å². The van der Waals surface area contributed by atoms with Crippen molar-refractivity contribution in [2.24, 2.45) is 0 Å². The van der Waals surface area contributed by atoms with E-state index in [9.17, 15) is 15.4 Å². The molecule has 0 bridgehead atoms. The Morgan fingerprint density at radius 1 is 1.43 bits per heavy atom. The molecule has 2 aromatic rings. The first kappa shape index (κ1) is 14.7. The summed E-state index contributed by atoms with van der Waals surface area (Å²) >= 11 is 6.30. The van der Waals surface area contributed by atoms with E-state index in [-0.39, 0.29) is 16.3 Å². The molecule has 0 radical (unpaired) electrons. The van der Waals surface area contributed by atoms with E-state index in [1.54, 1.807) is 37.5 Å². The van der Waals surface area contributed by atoms with Crippen LogP contribution in [0.4, 0.5) is 5.69 Å². The Morgan fingerprint density at radius 2 is 2.19 bits per heavy atom. The van der Waals surface area contributed by atoms with E-state index in [1.165, 1.54) is 12.1 Å². The summed E-state index contributed by atoms with van der Waals surface area (Å²) in [5.74, 6) is 0. The lowest BCUT2D eigenvalue weighted by molar-refractivity contribution is -0.384. The Balaban J connectivity index is 2.57. The Kier molecular flexibility index (Phi) is 4.31. The number of nitrogens with zero attached hydrogens (tertiary/aromatic N) is 3. The van der Waals surface area contributed by atoms with Crippen LogP contribution in [0, 0.1) is 28.4 Å². The van der Waals surface area contributed by atoms with Crippen molar-refractivity contribution in [1.29, 1.82) is 5.26 Å². The van der Waals surface area contributed by atoms with Crippen LogP contribution in [-0.4, -0.2) is 9.91 Å². The summed E-state index contributed by atoms with van der Waals surface area (Å²) in [4.78, 5) is 14.2. The summed E-state index contributed by atoms with van der Waals surface area (Å²) in [5, 5.41) is 20.3. The van der Waals surface area contributed by atoms with Gasteiger partial charge < -0.3 is 0 Å². The Labute approximate surface area is 126 Å². The standard InChI is InChI=1S/C15H10ClN3O2/c1-10-7-12(19(20)21)4-5-13(10)15(16)14(8-17)11-3-2-6-18-9-11/h2-7,9H,1H3/b15-14+. The highest BCUT2D eigenvalue weighted by Gasteiger charge is 2.14. The smallest absolute Gasteiger partial charge is 0.264 e. The van der Waals surface area contributed by atoms with Crippen LogP contribution < -0.4 is 0 Å². The zero-order valence-electron chi connectivity index (χ0n) is 11.1. The fraction of sp³-hybridized carbons (Fsp3) is 0.0667. The molecule has 1 aromatic carbocycles. The van der Waals surface area contributed by atoms with Gasteiger partial charge in [0.25, 0.3) is 5.69 Å². The van der Waals surface area contributed by atoms with Crippen molar-refractivity contribution in [2.45, 2.75) is 6.92 Å². The third kappa shape index (κ3) is 3.07. The van der Waals surface area contributed by atoms with Gasteiger partial charge in [-0.1, -0.05) is 17.7 Å². The van der Waals surface area contributed by atoms with Gasteiger partial charge in [-0.3, -0.25) is 15.1 Å². The minimum Gasteiger partial charge on any atom is -0.264 e. The lowest BCUT2D eigenvalue weighted by atomic mass is 10.0. The Bertz CT molecular complexity index is 764. The van der Waals surface area contributed by atoms with Crippen molar-refractivity contribution in [3.8, 4) is 6.07 Å². The molecule has 2 rings (SSSR count). The summed E-state index contributed by atoms with van der Waals surface area (Å²) in [7, 11) is 0. The van der Waals surface area contributed by atoms with Gasteiger partial charge in [0.2, 0.25) is 0 Å². The van der Waals surface area contributed by atoms with Gasteiger partial charge in [0.15, 0.2) is 0 Å². The maximum atomic E-state index is 10.7. The second-order valence-electron chi connectivity index (χ2n) is 4.30. The average molecular weight is 300 g/mol. The highest BCUT2D eigenvalue weighted by atomic mass is 35.5. The molecule has 0 aliphatic rings. The summed E-state index contributed by atoms with van der Waals surface area (Å²) in [6.07, 6.45) is 3.14. The molecular formula is C15H10ClN3O2. The van der Waals surface area contributed by atoms with Crippen LogP contribution in [0.15, 0.2) is 42.7 Å². The third-order valence-electron chi connectivity index (χ3n) is 2.94. The SMILES string of the molecule is Cc1cc([N+](=O)[O-])ccc1/C(Cl)=C(/C#N)c1cccnc1. The molecule has 1 heterocycles. The van der Waals surface area contributed by atoms with E-state index >= 15 is 0 Å². The van der Waals surface area contributed by atoms with Crippen molar-refractivity contribution in [3.05, 3.63) is 69.5 Å². The van der Waals surface area contributed by atoms with Crippen LogP contribution in [-0.2, 0) is 0 Å². The number of benzene rings is 1. The summed E-state index contributed by atoms with van der Waals surface area (Å²) < 4.78 is 0. The number of nitro benzene ring substituents is 1. The number of non-ortho nitro benzene ring substituents is 1. The van der Waals surface area contributed by atoms with Crippen LogP contribution in [0.5, 0.6) is 0 Å². The molecule has 0 unspecified atom stereocenters. The number of nitro groups is 1. The van der Waals surface area contributed by atoms with Crippen LogP contribution in [0.25, 0.3) is 10.6 Å². The number of allylic oxidation sites excluding steroid dienone is 1. The molecular weight excluding hydrogens is 290 g/mol. The van der Waals surface area contributed by atoms with Gasteiger partial charge in [-0.25, -0.2) is 0 Å². The van der Waals surface area contributed by atoms with Crippen molar-refractivity contribution in [3.63, 3.8) is 0 Å². The van der Waals surface area contributed by atoms with E-state index in [0.29, 0.717) is 16.7 Å². The lowest BCUT2D eigenvalue weighted by Crippen LogP contribution is -1.93. The molecule has 0 saturated carbocycles. The minimum absolute atomic E-state index is 0.0133. The number of hydrogen-bond donors (Lipinski definition) is 0. The molecule has 0 N–H and O–H groups in total. The molecule has 1 aromatic heterocycles. The molecule has 0 aliphatic heterocycles. The van der Waals surface area contributed by atoms with Crippen LogP contribution in [0.3, 0.4) is 0 Å². The Morgan fingerprint density at radius 3 is 2.71 bits per heavy atom. The van der Waals surface area contributed by atoms with E-state index in [1.807, 2.05) is 0 Å². The van der Waals surface area contributed by atoms with E-state index in [0.717, 1.165) is 0 Å². The lowest BCUT2D eigenvalue weighted by Gasteiger charge is -2.07. The number of halogens is 1. The second-order valence-corrected chi connectivity index (χ2v) is 4.68. The monoisotopic (exact) mass is 299 g/mol. The normalized spacial score (nSPS) is 11.5. The molecule has 0 fully saturated rings. The van der Waals surface area contributed by atoms with E-state index in [4.69, 9.17) is 11.6 Å². The van der Waals surface area contributed by atoms with Gasteiger partial charge in [0, 0.05) is 30.1 Å². The minimum atomic E-state index is -0.472. The van der Waals surface area contributed by atoms with E-state index in [2.05, 4.69) is 11.1 Å². The highest BCUT2D eigenvalue weighted by Crippen LogP contribution is 2.32. The first-order valence-corrected chi connectivity index (χ1v) is 6.38. The molecule has 104 valence electrons.